The van der Waals surface area contributed by atoms with Gasteiger partial charge in [0.05, 0.1) is 0 Å². The van der Waals surface area contributed by atoms with E-state index in [-0.39, 0.29) is 0 Å². The second kappa shape index (κ2) is 3.86. The van der Waals surface area contributed by atoms with Gasteiger partial charge >= 0.3 is 0 Å². The summed E-state index contributed by atoms with van der Waals surface area (Å²) in [4.78, 5) is 0. The Labute approximate surface area is 95.4 Å². The van der Waals surface area contributed by atoms with E-state index in [1.165, 1.54) is 22.4 Å². The number of rotatable bonds is 0. The van der Waals surface area contributed by atoms with Crippen molar-refractivity contribution in [2.75, 3.05) is 5.32 Å². The zero-order chi connectivity index (χ0) is 10.8. The number of para-hydroxylation sites is 1. The molecule has 3 rings (SSSR count). The number of hydrogen-bond acceptors (Lipinski definition) is 1. The van der Waals surface area contributed by atoms with Crippen LogP contribution in [0.1, 0.15) is 16.7 Å². The highest BCUT2D eigenvalue weighted by Crippen LogP contribution is 2.23. The molecular formula is C15H13N. The highest BCUT2D eigenvalue weighted by molar-refractivity contribution is 5.78. The van der Waals surface area contributed by atoms with E-state index in [4.69, 9.17) is 0 Å². The maximum absolute atomic E-state index is 3.47. The van der Waals surface area contributed by atoms with Crippen LogP contribution in [0.4, 0.5) is 5.69 Å². The van der Waals surface area contributed by atoms with Crippen LogP contribution in [0.3, 0.4) is 0 Å². The molecule has 16 heavy (non-hydrogen) atoms. The second-order valence-electron chi connectivity index (χ2n) is 3.97. The van der Waals surface area contributed by atoms with Gasteiger partial charge < -0.3 is 5.32 Å². The molecule has 0 saturated carbocycles. The Balaban J connectivity index is 2.10. The largest absolute Gasteiger partial charge is 0.380 e. The Morgan fingerprint density at radius 1 is 0.750 bits per heavy atom. The fourth-order valence-electron chi connectivity index (χ4n) is 2.03. The van der Waals surface area contributed by atoms with Crippen LogP contribution in [0.2, 0.25) is 0 Å². The molecule has 1 nitrogen and oxygen atoms in total. The lowest BCUT2D eigenvalue weighted by Crippen LogP contribution is -2.03. The van der Waals surface area contributed by atoms with Gasteiger partial charge in [0.2, 0.25) is 0 Å². The van der Waals surface area contributed by atoms with Crippen molar-refractivity contribution in [3.63, 3.8) is 0 Å². The summed E-state index contributed by atoms with van der Waals surface area (Å²) in [6, 6.07) is 16.9. The lowest BCUT2D eigenvalue weighted by molar-refractivity contribution is 1.14. The molecule has 2 aromatic rings. The van der Waals surface area contributed by atoms with Crippen LogP contribution < -0.4 is 5.32 Å². The maximum atomic E-state index is 3.47. The van der Waals surface area contributed by atoms with E-state index in [1.807, 2.05) is 0 Å². The van der Waals surface area contributed by atoms with Crippen molar-refractivity contribution >= 4 is 17.8 Å². The number of fused-ring (bicyclic) bond motifs is 2. The summed E-state index contributed by atoms with van der Waals surface area (Å²) in [6.07, 6.45) is 4.36. The third kappa shape index (κ3) is 1.61. The molecule has 0 atom stereocenters. The normalized spacial score (nSPS) is 15.0. The zero-order valence-electron chi connectivity index (χ0n) is 8.98. The summed E-state index contributed by atoms with van der Waals surface area (Å²) >= 11 is 0. The topological polar surface area (TPSA) is 12.0 Å². The van der Waals surface area contributed by atoms with Crippen molar-refractivity contribution in [1.82, 2.24) is 0 Å². The maximum Gasteiger partial charge on any atom is 0.0416 e. The average molecular weight is 207 g/mol. The molecule has 1 aliphatic rings. The summed E-state index contributed by atoms with van der Waals surface area (Å²) < 4.78 is 0. The molecule has 0 amide bonds. The van der Waals surface area contributed by atoms with Crippen LogP contribution in [0.5, 0.6) is 0 Å². The highest BCUT2D eigenvalue weighted by Gasteiger charge is 2.04. The van der Waals surface area contributed by atoms with E-state index in [2.05, 4.69) is 66.0 Å². The summed E-state index contributed by atoms with van der Waals surface area (Å²) in [6.45, 7) is 0.886. The number of benzene rings is 2. The molecule has 78 valence electrons. The molecule has 1 aliphatic heterocycles. The van der Waals surface area contributed by atoms with Crippen molar-refractivity contribution in [3.05, 3.63) is 65.2 Å². The van der Waals surface area contributed by atoms with E-state index in [0.29, 0.717) is 0 Å². The lowest BCUT2D eigenvalue weighted by atomic mass is 10.0. The lowest BCUT2D eigenvalue weighted by Gasteiger charge is -2.14. The third-order valence-corrected chi connectivity index (χ3v) is 2.93. The molecule has 0 saturated heterocycles. The van der Waals surface area contributed by atoms with Crippen LogP contribution in [0.25, 0.3) is 12.2 Å². The van der Waals surface area contributed by atoms with Gasteiger partial charge in [0.1, 0.15) is 0 Å². The minimum absolute atomic E-state index is 0.886. The first-order valence-corrected chi connectivity index (χ1v) is 5.52. The number of anilines is 1. The van der Waals surface area contributed by atoms with Gasteiger partial charge in [-0.1, -0.05) is 54.6 Å². The predicted molar refractivity (Wildman–Crippen MR) is 69.1 cm³/mol. The summed E-state index contributed by atoms with van der Waals surface area (Å²) in [7, 11) is 0. The second-order valence-corrected chi connectivity index (χ2v) is 3.97. The predicted octanol–water partition coefficient (Wildman–Crippen LogP) is 3.78. The van der Waals surface area contributed by atoms with Crippen LogP contribution in [0.15, 0.2) is 48.5 Å². The van der Waals surface area contributed by atoms with Crippen molar-refractivity contribution in [3.8, 4) is 0 Å². The highest BCUT2D eigenvalue weighted by atomic mass is 14.9. The number of hydrogen-bond donors (Lipinski definition) is 1. The van der Waals surface area contributed by atoms with Gasteiger partial charge in [-0.05, 0) is 22.8 Å². The standard InChI is InChI=1S/C15H13N/c1-2-7-14-11-16-15-8-4-3-6-13(15)10-9-12(14)5-1/h1-10,16H,11H2/b10-9-. The van der Waals surface area contributed by atoms with Crippen molar-refractivity contribution < 1.29 is 0 Å². The Morgan fingerprint density at radius 2 is 1.44 bits per heavy atom. The Hall–Kier alpha value is -2.02. The smallest absolute Gasteiger partial charge is 0.0416 e. The Bertz CT molecular complexity index is 491. The van der Waals surface area contributed by atoms with Gasteiger partial charge in [-0.3, -0.25) is 0 Å². The average Bonchev–Trinajstić information content (AvgIpc) is 2.32. The van der Waals surface area contributed by atoms with Crippen LogP contribution in [-0.2, 0) is 6.54 Å². The van der Waals surface area contributed by atoms with E-state index in [1.54, 1.807) is 0 Å². The van der Waals surface area contributed by atoms with Crippen LogP contribution in [-0.4, -0.2) is 0 Å². The van der Waals surface area contributed by atoms with Crippen LogP contribution >= 0.6 is 0 Å². The summed E-state index contributed by atoms with van der Waals surface area (Å²) in [5, 5.41) is 3.47. The van der Waals surface area contributed by atoms with Gasteiger partial charge in [0.25, 0.3) is 0 Å². The molecule has 1 heterocycles. The van der Waals surface area contributed by atoms with Gasteiger partial charge in [0.15, 0.2) is 0 Å². The first-order valence-electron chi connectivity index (χ1n) is 5.52. The molecule has 1 heteroatoms. The Morgan fingerprint density at radius 3 is 2.38 bits per heavy atom. The monoisotopic (exact) mass is 207 g/mol. The third-order valence-electron chi connectivity index (χ3n) is 2.93. The van der Waals surface area contributed by atoms with Gasteiger partial charge in [-0.25, -0.2) is 0 Å². The van der Waals surface area contributed by atoms with Gasteiger partial charge in [-0.15, -0.1) is 0 Å². The van der Waals surface area contributed by atoms with E-state index in [0.717, 1.165) is 6.54 Å². The molecule has 2 aromatic carbocycles. The quantitative estimate of drug-likeness (QED) is 0.693. The van der Waals surface area contributed by atoms with Gasteiger partial charge in [0, 0.05) is 12.2 Å². The van der Waals surface area contributed by atoms with Gasteiger partial charge in [-0.2, -0.15) is 0 Å². The molecule has 0 radical (unpaired) electrons. The first-order chi connectivity index (χ1) is 7.93. The molecule has 1 N–H and O–H groups in total. The minimum Gasteiger partial charge on any atom is -0.380 e. The number of nitrogens with one attached hydrogen (secondary N) is 1. The zero-order valence-corrected chi connectivity index (χ0v) is 8.98. The molecule has 0 spiro atoms. The molecule has 0 bridgehead atoms. The molecule has 0 fully saturated rings. The summed E-state index contributed by atoms with van der Waals surface area (Å²) in [5.74, 6) is 0. The fourth-order valence-corrected chi connectivity index (χ4v) is 2.03. The Kier molecular flexibility index (Phi) is 2.22. The fraction of sp³-hybridized carbons (Fsp3) is 0.0667. The molecular weight excluding hydrogens is 194 g/mol. The van der Waals surface area contributed by atoms with E-state index < -0.39 is 0 Å². The van der Waals surface area contributed by atoms with Crippen molar-refractivity contribution in [2.45, 2.75) is 6.54 Å². The van der Waals surface area contributed by atoms with Crippen molar-refractivity contribution in [1.29, 1.82) is 0 Å². The molecule has 0 unspecified atom stereocenters. The first kappa shape index (κ1) is 9.22. The van der Waals surface area contributed by atoms with E-state index in [9.17, 15) is 0 Å². The van der Waals surface area contributed by atoms with Crippen LogP contribution in [0, 0.1) is 0 Å². The van der Waals surface area contributed by atoms with Crippen molar-refractivity contribution in [2.24, 2.45) is 0 Å². The SMILES string of the molecule is C1=C\c2ccccc2NCc2ccccc2/1. The molecule has 0 aliphatic carbocycles. The minimum atomic E-state index is 0.886. The molecule has 0 aromatic heterocycles. The summed E-state index contributed by atoms with van der Waals surface area (Å²) in [5.41, 5.74) is 5.09. The van der Waals surface area contributed by atoms with E-state index >= 15 is 0 Å².